The number of piperidine rings is 1. The van der Waals surface area contributed by atoms with Gasteiger partial charge in [0.1, 0.15) is 11.4 Å². The van der Waals surface area contributed by atoms with Gasteiger partial charge in [0.05, 0.1) is 0 Å². The lowest BCUT2D eigenvalue weighted by Gasteiger charge is -2.47. The third-order valence-corrected chi connectivity index (χ3v) is 5.94. The number of hydrogen-bond donors (Lipinski definition) is 1. The van der Waals surface area contributed by atoms with Crippen molar-refractivity contribution in [3.63, 3.8) is 0 Å². The third-order valence-electron chi connectivity index (χ3n) is 5.94. The molecule has 2 aliphatic rings. The van der Waals surface area contributed by atoms with Gasteiger partial charge in [-0.05, 0) is 48.6 Å². The predicted molar refractivity (Wildman–Crippen MR) is 105 cm³/mol. The van der Waals surface area contributed by atoms with E-state index in [1.54, 1.807) is 7.05 Å². The van der Waals surface area contributed by atoms with Crippen molar-refractivity contribution in [2.24, 2.45) is 0 Å². The summed E-state index contributed by atoms with van der Waals surface area (Å²) >= 11 is 0. The molecule has 1 aromatic heterocycles. The molecule has 2 aliphatic heterocycles. The normalized spacial score (nSPS) is 21.3. The molecule has 2 aromatic rings. The van der Waals surface area contributed by atoms with Gasteiger partial charge in [0, 0.05) is 51.4 Å². The number of para-hydroxylation sites is 1. The zero-order chi connectivity index (χ0) is 18.7. The molecule has 5 nitrogen and oxygen atoms in total. The summed E-state index contributed by atoms with van der Waals surface area (Å²) in [5, 5.41) is 2.78. The Morgan fingerprint density at radius 1 is 1.22 bits per heavy atom. The Hall–Kier alpha value is -2.40. The Labute approximate surface area is 160 Å². The standard InChI is InChI=1S/C22H27N3O2/c1-23-21(26)14-18-15-22(27-20-5-3-2-4-19(18)20)8-12-25(13-9-22)16-17-6-10-24-11-7-17/h2-7,10-11,18H,8-9,12-16H2,1H3,(H,23,26). The van der Waals surface area contributed by atoms with Gasteiger partial charge in [-0.25, -0.2) is 0 Å². The van der Waals surface area contributed by atoms with E-state index in [1.807, 2.05) is 24.5 Å². The molecule has 1 unspecified atom stereocenters. The third kappa shape index (κ3) is 3.98. The first-order chi connectivity index (χ1) is 13.2. The summed E-state index contributed by atoms with van der Waals surface area (Å²) in [5.41, 5.74) is 2.32. The van der Waals surface area contributed by atoms with Gasteiger partial charge < -0.3 is 10.1 Å². The molecule has 142 valence electrons. The average Bonchev–Trinajstić information content (AvgIpc) is 2.70. The van der Waals surface area contributed by atoms with Crippen molar-refractivity contribution in [1.82, 2.24) is 15.2 Å². The van der Waals surface area contributed by atoms with Crippen molar-refractivity contribution in [3.05, 3.63) is 59.9 Å². The van der Waals surface area contributed by atoms with Crippen molar-refractivity contribution < 1.29 is 9.53 Å². The quantitative estimate of drug-likeness (QED) is 0.905. The van der Waals surface area contributed by atoms with Crippen LogP contribution in [0, 0.1) is 0 Å². The summed E-state index contributed by atoms with van der Waals surface area (Å²) in [6.45, 7) is 2.98. The minimum absolute atomic E-state index is 0.0991. The second-order valence-electron chi connectivity index (χ2n) is 7.73. The van der Waals surface area contributed by atoms with E-state index in [-0.39, 0.29) is 17.4 Å². The van der Waals surface area contributed by atoms with Crippen LogP contribution < -0.4 is 10.1 Å². The number of nitrogens with zero attached hydrogens (tertiary/aromatic N) is 2. The first-order valence-corrected chi connectivity index (χ1v) is 9.77. The van der Waals surface area contributed by atoms with Crippen molar-refractivity contribution in [3.8, 4) is 5.75 Å². The first-order valence-electron chi connectivity index (χ1n) is 9.77. The number of pyridine rings is 1. The highest BCUT2D eigenvalue weighted by Crippen LogP contribution is 2.46. The molecular weight excluding hydrogens is 338 g/mol. The summed E-state index contributed by atoms with van der Waals surface area (Å²) in [7, 11) is 1.71. The molecule has 27 heavy (non-hydrogen) atoms. The predicted octanol–water partition coefficient (Wildman–Crippen LogP) is 3.12. The summed E-state index contributed by atoms with van der Waals surface area (Å²) in [6, 6.07) is 12.4. The fourth-order valence-electron chi connectivity index (χ4n) is 4.42. The van der Waals surface area contributed by atoms with E-state index < -0.39 is 0 Å². The number of carbonyl (C=O) groups excluding carboxylic acids is 1. The van der Waals surface area contributed by atoms with Crippen molar-refractivity contribution >= 4 is 5.91 Å². The second kappa shape index (κ2) is 7.69. The zero-order valence-electron chi connectivity index (χ0n) is 15.9. The summed E-state index contributed by atoms with van der Waals surface area (Å²) in [4.78, 5) is 18.6. The van der Waals surface area contributed by atoms with Crippen molar-refractivity contribution in [1.29, 1.82) is 0 Å². The van der Waals surface area contributed by atoms with Crippen molar-refractivity contribution in [2.75, 3.05) is 20.1 Å². The number of ether oxygens (including phenoxy) is 1. The number of fused-ring (bicyclic) bond motifs is 1. The van der Waals surface area contributed by atoms with Crippen LogP contribution in [0.2, 0.25) is 0 Å². The van der Waals surface area contributed by atoms with E-state index in [1.165, 1.54) is 11.1 Å². The highest BCUT2D eigenvalue weighted by atomic mass is 16.5. The molecule has 0 radical (unpaired) electrons. The van der Waals surface area contributed by atoms with Gasteiger partial charge in [-0.3, -0.25) is 14.7 Å². The Morgan fingerprint density at radius 3 is 2.70 bits per heavy atom. The van der Waals surface area contributed by atoms with Crippen LogP contribution in [0.15, 0.2) is 48.8 Å². The van der Waals surface area contributed by atoms with E-state index in [2.05, 4.69) is 39.5 Å². The number of aromatic nitrogens is 1. The Kier molecular flexibility index (Phi) is 5.12. The molecule has 1 atom stereocenters. The molecule has 1 saturated heterocycles. The van der Waals surface area contributed by atoms with Gasteiger partial charge in [0.15, 0.2) is 0 Å². The number of benzene rings is 1. The minimum Gasteiger partial charge on any atom is -0.487 e. The lowest BCUT2D eigenvalue weighted by molar-refractivity contribution is -0.121. The van der Waals surface area contributed by atoms with Crippen LogP contribution in [-0.2, 0) is 11.3 Å². The van der Waals surface area contributed by atoms with Crippen LogP contribution in [0.4, 0.5) is 0 Å². The zero-order valence-corrected chi connectivity index (χ0v) is 15.9. The fourth-order valence-corrected chi connectivity index (χ4v) is 4.42. The van der Waals surface area contributed by atoms with Crippen LogP contribution in [0.5, 0.6) is 5.75 Å². The number of rotatable bonds is 4. The Bertz CT molecular complexity index is 785. The SMILES string of the molecule is CNC(=O)CC1CC2(CCN(Cc3ccncc3)CC2)Oc2ccccc21. The molecule has 1 aromatic carbocycles. The fraction of sp³-hybridized carbons (Fsp3) is 0.455. The molecule has 0 bridgehead atoms. The molecular formula is C22H27N3O2. The summed E-state index contributed by atoms with van der Waals surface area (Å²) in [5.74, 6) is 1.28. The van der Waals surface area contributed by atoms with Crippen LogP contribution in [0.1, 0.15) is 42.7 Å². The van der Waals surface area contributed by atoms with Gasteiger partial charge in [-0.1, -0.05) is 18.2 Å². The number of nitrogens with one attached hydrogen (secondary N) is 1. The van der Waals surface area contributed by atoms with Gasteiger partial charge in [0.2, 0.25) is 5.91 Å². The maximum absolute atomic E-state index is 12.1. The topological polar surface area (TPSA) is 54.5 Å². The largest absolute Gasteiger partial charge is 0.487 e. The van der Waals surface area contributed by atoms with Gasteiger partial charge in [-0.2, -0.15) is 0 Å². The smallest absolute Gasteiger partial charge is 0.220 e. The van der Waals surface area contributed by atoms with Gasteiger partial charge >= 0.3 is 0 Å². The molecule has 0 saturated carbocycles. The monoisotopic (exact) mass is 365 g/mol. The molecule has 1 spiro atoms. The highest BCUT2D eigenvalue weighted by Gasteiger charge is 2.43. The minimum atomic E-state index is -0.151. The second-order valence-corrected chi connectivity index (χ2v) is 7.73. The molecule has 3 heterocycles. The first kappa shape index (κ1) is 18.0. The number of carbonyl (C=O) groups is 1. The van der Waals surface area contributed by atoms with E-state index in [4.69, 9.17) is 4.74 Å². The maximum Gasteiger partial charge on any atom is 0.220 e. The Balaban J connectivity index is 1.47. The summed E-state index contributed by atoms with van der Waals surface area (Å²) < 4.78 is 6.54. The molecule has 0 aliphatic carbocycles. The number of amides is 1. The maximum atomic E-state index is 12.1. The van der Waals surface area contributed by atoms with E-state index in [9.17, 15) is 4.79 Å². The lowest BCUT2D eigenvalue weighted by atomic mass is 9.76. The molecule has 1 N–H and O–H groups in total. The Morgan fingerprint density at radius 2 is 1.96 bits per heavy atom. The average molecular weight is 365 g/mol. The molecule has 5 heteroatoms. The van der Waals surface area contributed by atoms with Crippen LogP contribution in [0.25, 0.3) is 0 Å². The van der Waals surface area contributed by atoms with Gasteiger partial charge in [0.25, 0.3) is 0 Å². The molecule has 4 rings (SSSR count). The highest BCUT2D eigenvalue weighted by molar-refractivity contribution is 5.76. The van der Waals surface area contributed by atoms with Crippen LogP contribution >= 0.6 is 0 Å². The number of hydrogen-bond acceptors (Lipinski definition) is 4. The van der Waals surface area contributed by atoms with E-state index in [0.29, 0.717) is 6.42 Å². The van der Waals surface area contributed by atoms with Gasteiger partial charge in [-0.15, -0.1) is 0 Å². The number of likely N-dealkylation sites (tertiary alicyclic amines) is 1. The van der Waals surface area contributed by atoms with E-state index in [0.717, 1.165) is 44.6 Å². The van der Waals surface area contributed by atoms with Crippen LogP contribution in [0.3, 0.4) is 0 Å². The molecule has 1 amide bonds. The van der Waals surface area contributed by atoms with Crippen LogP contribution in [-0.4, -0.2) is 41.5 Å². The van der Waals surface area contributed by atoms with E-state index >= 15 is 0 Å². The van der Waals surface area contributed by atoms with Crippen molar-refractivity contribution in [2.45, 2.75) is 43.7 Å². The molecule has 1 fully saturated rings. The lowest BCUT2D eigenvalue weighted by Crippen LogP contribution is -2.50. The summed E-state index contributed by atoms with van der Waals surface area (Å²) in [6.07, 6.45) is 7.14.